The molecule has 1 saturated heterocycles. The van der Waals surface area contributed by atoms with E-state index in [9.17, 15) is 4.79 Å². The number of carbonyl (C=O) groups is 1. The van der Waals surface area contributed by atoms with Gasteiger partial charge >= 0.3 is 6.03 Å². The Labute approximate surface area is 116 Å². The summed E-state index contributed by atoms with van der Waals surface area (Å²) in [6, 6.07) is 0.274. The summed E-state index contributed by atoms with van der Waals surface area (Å²) in [6.07, 6.45) is 7.45. The number of hydrogen-bond acceptors (Lipinski definition) is 2. The normalized spacial score (nSPS) is 17.9. The summed E-state index contributed by atoms with van der Waals surface area (Å²) in [5.41, 5.74) is 1.01. The molecule has 106 valence electrons. The molecular formula is C15H25N3O. The zero-order chi connectivity index (χ0) is 14.3. The molecule has 0 aromatic heterocycles. The van der Waals surface area contributed by atoms with Crippen LogP contribution in [0.5, 0.6) is 0 Å². The van der Waals surface area contributed by atoms with Crippen LogP contribution in [0.25, 0.3) is 0 Å². The first-order valence-electron chi connectivity index (χ1n) is 6.73. The van der Waals surface area contributed by atoms with Crippen LogP contribution in [-0.2, 0) is 0 Å². The Morgan fingerprint density at radius 1 is 1.42 bits per heavy atom. The molecule has 0 spiro atoms. The SMILES string of the molecule is C=C/C=C(\C=C)CN(C(=O)NC)C1CCN(C)CC1. The smallest absolute Gasteiger partial charge is 0.317 e. The van der Waals surface area contributed by atoms with Crippen LogP contribution in [0.2, 0.25) is 0 Å². The fourth-order valence-electron chi connectivity index (χ4n) is 2.35. The minimum absolute atomic E-state index is 0.0219. The van der Waals surface area contributed by atoms with E-state index in [-0.39, 0.29) is 6.03 Å². The van der Waals surface area contributed by atoms with Crippen molar-refractivity contribution in [2.45, 2.75) is 18.9 Å². The number of rotatable bonds is 5. The van der Waals surface area contributed by atoms with Crippen molar-refractivity contribution >= 4 is 6.03 Å². The molecule has 4 nitrogen and oxygen atoms in total. The first kappa shape index (κ1) is 15.5. The molecule has 1 fully saturated rings. The largest absolute Gasteiger partial charge is 0.341 e. The van der Waals surface area contributed by atoms with Crippen molar-refractivity contribution < 1.29 is 4.79 Å². The van der Waals surface area contributed by atoms with Crippen LogP contribution in [0.1, 0.15) is 12.8 Å². The number of urea groups is 1. The molecule has 19 heavy (non-hydrogen) atoms. The van der Waals surface area contributed by atoms with Crippen LogP contribution in [-0.4, -0.2) is 55.6 Å². The Morgan fingerprint density at radius 3 is 2.53 bits per heavy atom. The van der Waals surface area contributed by atoms with E-state index < -0.39 is 0 Å². The summed E-state index contributed by atoms with van der Waals surface area (Å²) in [5.74, 6) is 0. The van der Waals surface area contributed by atoms with Gasteiger partial charge in [0.15, 0.2) is 0 Å². The third kappa shape index (κ3) is 4.56. The highest BCUT2D eigenvalue weighted by Crippen LogP contribution is 2.17. The molecule has 0 radical (unpaired) electrons. The summed E-state index contributed by atoms with van der Waals surface area (Å²) >= 11 is 0. The molecule has 1 aliphatic heterocycles. The van der Waals surface area contributed by atoms with Gasteiger partial charge in [0, 0.05) is 19.6 Å². The van der Waals surface area contributed by atoms with Gasteiger partial charge in [-0.05, 0) is 38.6 Å². The zero-order valence-electron chi connectivity index (χ0n) is 12.1. The maximum absolute atomic E-state index is 12.1. The Kier molecular flexibility index (Phi) is 6.36. The van der Waals surface area contributed by atoms with E-state index in [0.717, 1.165) is 31.5 Å². The van der Waals surface area contributed by atoms with Crippen molar-refractivity contribution in [3.8, 4) is 0 Å². The minimum atomic E-state index is -0.0219. The van der Waals surface area contributed by atoms with Crippen molar-refractivity contribution in [1.29, 1.82) is 0 Å². The second-order valence-corrected chi connectivity index (χ2v) is 4.90. The standard InChI is InChI=1S/C15H25N3O/c1-5-7-13(6-2)12-18(15(19)16-3)14-8-10-17(4)11-9-14/h5-7,14H,1-2,8-12H2,3-4H3,(H,16,19)/b13-7+. The first-order chi connectivity index (χ1) is 9.12. The molecule has 0 aliphatic carbocycles. The number of amides is 2. The molecule has 4 heteroatoms. The number of carbonyl (C=O) groups excluding carboxylic acids is 1. The lowest BCUT2D eigenvalue weighted by Gasteiger charge is -2.37. The summed E-state index contributed by atoms with van der Waals surface area (Å²) in [6.45, 7) is 10.1. The van der Waals surface area contributed by atoms with Gasteiger partial charge in [0.05, 0.1) is 0 Å². The summed E-state index contributed by atoms with van der Waals surface area (Å²) in [7, 11) is 3.79. The van der Waals surface area contributed by atoms with E-state index in [4.69, 9.17) is 0 Å². The van der Waals surface area contributed by atoms with Crippen molar-refractivity contribution in [3.63, 3.8) is 0 Å². The van der Waals surface area contributed by atoms with Gasteiger partial charge in [0.25, 0.3) is 0 Å². The molecule has 0 aromatic carbocycles. The predicted molar refractivity (Wildman–Crippen MR) is 80.2 cm³/mol. The molecule has 0 atom stereocenters. The fraction of sp³-hybridized carbons (Fsp3) is 0.533. The molecule has 0 unspecified atom stereocenters. The van der Waals surface area contributed by atoms with Crippen LogP contribution in [0.3, 0.4) is 0 Å². The lowest BCUT2D eigenvalue weighted by atomic mass is 10.0. The van der Waals surface area contributed by atoms with Gasteiger partial charge in [0.1, 0.15) is 0 Å². The molecule has 1 N–H and O–H groups in total. The number of likely N-dealkylation sites (tertiary alicyclic amines) is 1. The molecular weight excluding hydrogens is 238 g/mol. The summed E-state index contributed by atoms with van der Waals surface area (Å²) < 4.78 is 0. The topological polar surface area (TPSA) is 35.6 Å². The number of nitrogens with one attached hydrogen (secondary N) is 1. The average molecular weight is 263 g/mol. The second-order valence-electron chi connectivity index (χ2n) is 4.90. The summed E-state index contributed by atoms with van der Waals surface area (Å²) in [4.78, 5) is 16.3. The predicted octanol–water partition coefficient (Wildman–Crippen LogP) is 2.02. The maximum atomic E-state index is 12.1. The van der Waals surface area contributed by atoms with Crippen molar-refractivity contribution in [3.05, 3.63) is 37.0 Å². The van der Waals surface area contributed by atoms with E-state index in [0.29, 0.717) is 12.6 Å². The lowest BCUT2D eigenvalue weighted by molar-refractivity contribution is 0.139. The van der Waals surface area contributed by atoms with E-state index in [1.165, 1.54) is 0 Å². The van der Waals surface area contributed by atoms with Crippen LogP contribution >= 0.6 is 0 Å². The molecule has 0 saturated carbocycles. The Balaban J connectivity index is 2.77. The van der Waals surface area contributed by atoms with Gasteiger partial charge in [-0.1, -0.05) is 31.4 Å². The zero-order valence-corrected chi connectivity index (χ0v) is 12.1. The number of hydrogen-bond donors (Lipinski definition) is 1. The molecule has 1 heterocycles. The average Bonchev–Trinajstić information content (AvgIpc) is 2.44. The molecule has 1 aliphatic rings. The number of nitrogens with zero attached hydrogens (tertiary/aromatic N) is 2. The van der Waals surface area contributed by atoms with Crippen LogP contribution < -0.4 is 5.32 Å². The monoisotopic (exact) mass is 263 g/mol. The molecule has 1 rings (SSSR count). The fourth-order valence-corrected chi connectivity index (χ4v) is 2.35. The molecule has 0 bridgehead atoms. The number of piperidine rings is 1. The maximum Gasteiger partial charge on any atom is 0.317 e. The van der Waals surface area contributed by atoms with Crippen molar-refractivity contribution in [2.75, 3.05) is 33.7 Å². The minimum Gasteiger partial charge on any atom is -0.341 e. The highest BCUT2D eigenvalue weighted by Gasteiger charge is 2.26. The van der Waals surface area contributed by atoms with Crippen LogP contribution in [0.15, 0.2) is 37.0 Å². The summed E-state index contributed by atoms with van der Waals surface area (Å²) in [5, 5.41) is 2.73. The van der Waals surface area contributed by atoms with Gasteiger partial charge in [-0.2, -0.15) is 0 Å². The third-order valence-electron chi connectivity index (χ3n) is 3.55. The van der Waals surface area contributed by atoms with Gasteiger partial charge in [-0.3, -0.25) is 0 Å². The van der Waals surface area contributed by atoms with Crippen LogP contribution in [0.4, 0.5) is 4.79 Å². The van der Waals surface area contributed by atoms with Gasteiger partial charge in [-0.25, -0.2) is 4.79 Å². The molecule has 2 amide bonds. The van der Waals surface area contributed by atoms with E-state index in [2.05, 4.69) is 30.4 Å². The first-order valence-corrected chi connectivity index (χ1v) is 6.73. The lowest BCUT2D eigenvalue weighted by Crippen LogP contribution is -2.50. The van der Waals surface area contributed by atoms with Gasteiger partial charge in [-0.15, -0.1) is 0 Å². The van der Waals surface area contributed by atoms with Gasteiger partial charge in [0.2, 0.25) is 0 Å². The third-order valence-corrected chi connectivity index (χ3v) is 3.55. The number of allylic oxidation sites excluding steroid dienone is 2. The quantitative estimate of drug-likeness (QED) is 0.770. The highest BCUT2D eigenvalue weighted by molar-refractivity contribution is 5.74. The Morgan fingerprint density at radius 2 is 2.05 bits per heavy atom. The van der Waals surface area contributed by atoms with E-state index in [1.54, 1.807) is 19.2 Å². The van der Waals surface area contributed by atoms with Gasteiger partial charge < -0.3 is 15.1 Å². The van der Waals surface area contributed by atoms with E-state index >= 15 is 0 Å². The Hall–Kier alpha value is -1.55. The highest BCUT2D eigenvalue weighted by atomic mass is 16.2. The van der Waals surface area contributed by atoms with Crippen molar-refractivity contribution in [2.24, 2.45) is 0 Å². The van der Waals surface area contributed by atoms with Crippen molar-refractivity contribution in [1.82, 2.24) is 15.1 Å². The molecule has 0 aromatic rings. The van der Waals surface area contributed by atoms with Crippen LogP contribution in [0, 0.1) is 0 Å². The Bertz CT molecular complexity index is 354. The van der Waals surface area contributed by atoms with E-state index in [1.807, 2.05) is 11.0 Å². The second kappa shape index (κ2) is 7.79.